The van der Waals surface area contributed by atoms with Crippen molar-refractivity contribution in [1.82, 2.24) is 14.4 Å². The number of aromatic nitrogens is 3. The Kier molecular flexibility index (Phi) is 2.23. The van der Waals surface area contributed by atoms with E-state index in [1.165, 1.54) is 36.5 Å². The van der Waals surface area contributed by atoms with E-state index in [2.05, 4.69) is 56.8 Å². The molecule has 0 fully saturated rings. The van der Waals surface area contributed by atoms with Gasteiger partial charge in [-0.2, -0.15) is 0 Å². The molecule has 0 spiro atoms. The van der Waals surface area contributed by atoms with Gasteiger partial charge in [-0.1, -0.05) is 24.3 Å². The van der Waals surface area contributed by atoms with E-state index in [1.54, 1.807) is 0 Å². The van der Waals surface area contributed by atoms with Crippen LogP contribution in [0.2, 0.25) is 0 Å². The zero-order chi connectivity index (χ0) is 15.7. The summed E-state index contributed by atoms with van der Waals surface area (Å²) < 4.78 is 4.78. The monoisotopic (exact) mass is 325 g/mol. The van der Waals surface area contributed by atoms with Gasteiger partial charge in [-0.15, -0.1) is 11.3 Å². The van der Waals surface area contributed by atoms with Crippen molar-refractivity contribution in [1.29, 1.82) is 0 Å². The first-order chi connectivity index (χ1) is 11.9. The van der Waals surface area contributed by atoms with E-state index in [-0.39, 0.29) is 0 Å². The molecule has 0 saturated heterocycles. The molecule has 0 N–H and O–H groups in total. The maximum absolute atomic E-state index is 4.62. The summed E-state index contributed by atoms with van der Waals surface area (Å²) in [5.74, 6) is 0. The largest absolute Gasteiger partial charge is 0.298 e. The first-order valence-electron chi connectivity index (χ1n) is 7.85. The summed E-state index contributed by atoms with van der Waals surface area (Å²) in [4.78, 5) is 9.15. The lowest BCUT2D eigenvalue weighted by molar-refractivity contribution is 1.26. The van der Waals surface area contributed by atoms with E-state index in [0.717, 1.165) is 11.2 Å². The zero-order valence-corrected chi connectivity index (χ0v) is 13.4. The van der Waals surface area contributed by atoms with Gasteiger partial charge in [0.05, 0.1) is 5.52 Å². The molecule has 0 saturated carbocycles. The minimum absolute atomic E-state index is 0.914. The van der Waals surface area contributed by atoms with E-state index in [0.29, 0.717) is 0 Å². The third-order valence-electron chi connectivity index (χ3n) is 4.71. The topological polar surface area (TPSA) is 30.2 Å². The van der Waals surface area contributed by atoms with Crippen molar-refractivity contribution >= 4 is 59.0 Å². The number of pyridine rings is 2. The van der Waals surface area contributed by atoms with Crippen LogP contribution in [0, 0.1) is 0 Å². The third kappa shape index (κ3) is 1.42. The Balaban J connectivity index is 2.07. The minimum Gasteiger partial charge on any atom is -0.298 e. The maximum Gasteiger partial charge on any atom is 0.163 e. The van der Waals surface area contributed by atoms with Crippen molar-refractivity contribution < 1.29 is 0 Å². The minimum atomic E-state index is 0.914. The normalized spacial score (nSPS) is 12.2. The molecule has 112 valence electrons. The quantitative estimate of drug-likeness (QED) is 0.350. The summed E-state index contributed by atoms with van der Waals surface area (Å²) in [6, 6.07) is 17.2. The SMILES string of the molecule is c1ccc2c(c1)sc1ccc3c(c4cccnc4c4nccn34)c12. The van der Waals surface area contributed by atoms with Crippen LogP contribution >= 0.6 is 11.3 Å². The molecule has 4 heteroatoms. The first-order valence-corrected chi connectivity index (χ1v) is 8.67. The van der Waals surface area contributed by atoms with Crippen LogP contribution in [0.25, 0.3) is 47.6 Å². The average Bonchev–Trinajstić information content (AvgIpc) is 3.26. The molecule has 6 rings (SSSR count). The average molecular weight is 325 g/mol. The second-order valence-electron chi connectivity index (χ2n) is 5.95. The predicted octanol–water partition coefficient (Wildman–Crippen LogP) is 5.40. The molecule has 0 aliphatic heterocycles. The number of thiophene rings is 1. The standard InChI is InChI=1S/C20H11N3S/c1-2-6-15-12(4-1)18-16(24-15)8-7-14-17(18)13-5-3-9-21-19(13)20-22-10-11-23(14)20/h1-11H. The van der Waals surface area contributed by atoms with E-state index in [4.69, 9.17) is 0 Å². The predicted molar refractivity (Wildman–Crippen MR) is 101 cm³/mol. The third-order valence-corrected chi connectivity index (χ3v) is 5.85. The highest BCUT2D eigenvalue weighted by atomic mass is 32.1. The van der Waals surface area contributed by atoms with Crippen LogP contribution in [0.4, 0.5) is 0 Å². The first kappa shape index (κ1) is 12.4. The lowest BCUT2D eigenvalue weighted by Gasteiger charge is -2.09. The molecule has 4 heterocycles. The van der Waals surface area contributed by atoms with Crippen molar-refractivity contribution in [2.75, 3.05) is 0 Å². The number of hydrogen-bond acceptors (Lipinski definition) is 3. The maximum atomic E-state index is 4.62. The smallest absolute Gasteiger partial charge is 0.163 e. The molecule has 0 bridgehead atoms. The molecule has 0 aliphatic carbocycles. The summed E-state index contributed by atoms with van der Waals surface area (Å²) in [5.41, 5.74) is 3.05. The molecular weight excluding hydrogens is 314 g/mol. The van der Waals surface area contributed by atoms with Crippen LogP contribution < -0.4 is 0 Å². The highest BCUT2D eigenvalue weighted by Crippen LogP contribution is 2.41. The Hall–Kier alpha value is -2.98. The molecule has 0 radical (unpaired) electrons. The summed E-state index contributed by atoms with van der Waals surface area (Å²) in [5, 5.41) is 5.06. The van der Waals surface area contributed by atoms with Gasteiger partial charge < -0.3 is 0 Å². The van der Waals surface area contributed by atoms with Gasteiger partial charge in [-0.05, 0) is 24.3 Å². The van der Waals surface area contributed by atoms with Gasteiger partial charge >= 0.3 is 0 Å². The van der Waals surface area contributed by atoms with Crippen molar-refractivity contribution in [3.8, 4) is 0 Å². The Morgan fingerprint density at radius 1 is 0.750 bits per heavy atom. The molecule has 0 unspecified atom stereocenters. The van der Waals surface area contributed by atoms with Gasteiger partial charge in [0.15, 0.2) is 5.65 Å². The summed E-state index contributed by atoms with van der Waals surface area (Å²) in [6.45, 7) is 0. The van der Waals surface area contributed by atoms with Gasteiger partial charge in [-0.3, -0.25) is 9.38 Å². The number of fused-ring (bicyclic) bond motifs is 10. The van der Waals surface area contributed by atoms with Crippen molar-refractivity contribution in [2.24, 2.45) is 0 Å². The van der Waals surface area contributed by atoms with Crippen LogP contribution in [0.5, 0.6) is 0 Å². The fraction of sp³-hybridized carbons (Fsp3) is 0. The van der Waals surface area contributed by atoms with Crippen molar-refractivity contribution in [2.45, 2.75) is 0 Å². The number of rotatable bonds is 0. The van der Waals surface area contributed by atoms with Gasteiger partial charge in [-0.25, -0.2) is 4.98 Å². The van der Waals surface area contributed by atoms with E-state index in [9.17, 15) is 0 Å². The molecular formula is C20H11N3S. The van der Waals surface area contributed by atoms with Gasteiger partial charge in [0.2, 0.25) is 0 Å². The van der Waals surface area contributed by atoms with Gasteiger partial charge in [0, 0.05) is 49.5 Å². The van der Waals surface area contributed by atoms with Crippen LogP contribution in [0.1, 0.15) is 0 Å². The fourth-order valence-electron chi connectivity index (χ4n) is 3.74. The fourth-order valence-corrected chi connectivity index (χ4v) is 4.85. The number of nitrogens with zero attached hydrogens (tertiary/aromatic N) is 3. The van der Waals surface area contributed by atoms with E-state index in [1.807, 2.05) is 36.0 Å². The van der Waals surface area contributed by atoms with Crippen LogP contribution in [0.3, 0.4) is 0 Å². The lowest BCUT2D eigenvalue weighted by Crippen LogP contribution is -1.92. The number of imidazole rings is 1. The van der Waals surface area contributed by atoms with Gasteiger partial charge in [0.1, 0.15) is 5.52 Å². The van der Waals surface area contributed by atoms with Crippen LogP contribution in [0.15, 0.2) is 67.1 Å². The molecule has 3 nitrogen and oxygen atoms in total. The van der Waals surface area contributed by atoms with E-state index >= 15 is 0 Å². The Bertz CT molecular complexity index is 1410. The molecule has 0 aliphatic rings. The molecule has 0 atom stereocenters. The number of hydrogen-bond donors (Lipinski definition) is 0. The van der Waals surface area contributed by atoms with Crippen molar-refractivity contribution in [3.63, 3.8) is 0 Å². The zero-order valence-electron chi connectivity index (χ0n) is 12.6. The van der Waals surface area contributed by atoms with Crippen LogP contribution in [-0.4, -0.2) is 14.4 Å². The van der Waals surface area contributed by atoms with E-state index < -0.39 is 0 Å². The molecule has 2 aromatic carbocycles. The Morgan fingerprint density at radius 2 is 1.67 bits per heavy atom. The van der Waals surface area contributed by atoms with Gasteiger partial charge in [0.25, 0.3) is 0 Å². The second kappa shape index (κ2) is 4.30. The van der Waals surface area contributed by atoms with Crippen molar-refractivity contribution in [3.05, 3.63) is 67.1 Å². The second-order valence-corrected chi connectivity index (χ2v) is 7.04. The Morgan fingerprint density at radius 3 is 2.67 bits per heavy atom. The highest BCUT2D eigenvalue weighted by Gasteiger charge is 2.15. The molecule has 4 aromatic heterocycles. The number of benzene rings is 2. The molecule has 0 amide bonds. The molecule has 24 heavy (non-hydrogen) atoms. The highest BCUT2D eigenvalue weighted by molar-refractivity contribution is 7.26. The Labute approximate surface area is 140 Å². The summed E-state index contributed by atoms with van der Waals surface area (Å²) in [7, 11) is 0. The lowest BCUT2D eigenvalue weighted by atomic mass is 10.0. The summed E-state index contributed by atoms with van der Waals surface area (Å²) >= 11 is 1.85. The summed E-state index contributed by atoms with van der Waals surface area (Å²) in [6.07, 6.45) is 5.71. The van der Waals surface area contributed by atoms with Crippen LogP contribution in [-0.2, 0) is 0 Å². The molecule has 6 aromatic rings.